The van der Waals surface area contributed by atoms with Crippen molar-refractivity contribution in [3.05, 3.63) is 50.4 Å². The maximum atomic E-state index is 12.5. The molecule has 0 bridgehead atoms. The summed E-state index contributed by atoms with van der Waals surface area (Å²) in [6.07, 6.45) is 0. The summed E-state index contributed by atoms with van der Waals surface area (Å²) in [7, 11) is 0. The highest BCUT2D eigenvalue weighted by atomic mass is 35.5. The van der Waals surface area contributed by atoms with Gasteiger partial charge >= 0.3 is 6.61 Å². The summed E-state index contributed by atoms with van der Waals surface area (Å²) in [6, 6.07) is 7.30. The zero-order valence-electron chi connectivity index (χ0n) is 9.64. The van der Waals surface area contributed by atoms with Crippen molar-refractivity contribution in [3.8, 4) is 16.9 Å². The van der Waals surface area contributed by atoms with Gasteiger partial charge in [0.15, 0.2) is 0 Å². The van der Waals surface area contributed by atoms with E-state index in [4.69, 9.17) is 46.4 Å². The number of alkyl halides is 2. The second-order valence-corrected chi connectivity index (χ2v) is 5.37. The molecule has 0 aliphatic heterocycles. The molecule has 0 aliphatic rings. The Balaban J connectivity index is 2.69. The SMILES string of the molecule is FC(F)Oc1cccc(Cl)c1-c1cc(Cl)cc(Cl)c1Cl. The first-order valence-electron chi connectivity index (χ1n) is 5.28. The van der Waals surface area contributed by atoms with Crippen LogP contribution >= 0.6 is 46.4 Å². The summed E-state index contributed by atoms with van der Waals surface area (Å²) >= 11 is 24.0. The number of benzene rings is 2. The molecule has 0 fully saturated rings. The Morgan fingerprint density at radius 3 is 2.30 bits per heavy atom. The lowest BCUT2D eigenvalue weighted by atomic mass is 10.0. The topological polar surface area (TPSA) is 9.23 Å². The number of ether oxygens (including phenoxy) is 1. The van der Waals surface area contributed by atoms with E-state index >= 15 is 0 Å². The van der Waals surface area contributed by atoms with Gasteiger partial charge in [0.25, 0.3) is 0 Å². The van der Waals surface area contributed by atoms with Gasteiger partial charge in [0, 0.05) is 16.1 Å². The van der Waals surface area contributed by atoms with Crippen molar-refractivity contribution in [2.75, 3.05) is 0 Å². The molecule has 0 N–H and O–H groups in total. The second-order valence-electron chi connectivity index (χ2n) is 3.74. The zero-order chi connectivity index (χ0) is 14.9. The number of hydrogen-bond acceptors (Lipinski definition) is 1. The third-order valence-corrected chi connectivity index (χ3v) is 3.79. The minimum absolute atomic E-state index is 0.104. The lowest BCUT2D eigenvalue weighted by molar-refractivity contribution is -0.0494. The van der Waals surface area contributed by atoms with Gasteiger partial charge in [-0.05, 0) is 24.3 Å². The highest BCUT2D eigenvalue weighted by Crippen LogP contribution is 2.44. The van der Waals surface area contributed by atoms with E-state index in [0.29, 0.717) is 10.6 Å². The molecule has 2 aromatic carbocycles. The number of hydrogen-bond donors (Lipinski definition) is 0. The summed E-state index contributed by atoms with van der Waals surface area (Å²) in [4.78, 5) is 0. The van der Waals surface area contributed by atoms with E-state index in [0.717, 1.165) is 0 Å². The van der Waals surface area contributed by atoms with Crippen LogP contribution in [0.15, 0.2) is 30.3 Å². The van der Waals surface area contributed by atoms with Gasteiger partial charge in [-0.2, -0.15) is 8.78 Å². The molecule has 0 aliphatic carbocycles. The van der Waals surface area contributed by atoms with Crippen LogP contribution in [-0.2, 0) is 0 Å². The van der Waals surface area contributed by atoms with Crippen molar-refractivity contribution in [3.63, 3.8) is 0 Å². The quantitative estimate of drug-likeness (QED) is 0.564. The fraction of sp³-hybridized carbons (Fsp3) is 0.0769. The van der Waals surface area contributed by atoms with Gasteiger partial charge < -0.3 is 4.74 Å². The van der Waals surface area contributed by atoms with Crippen LogP contribution in [0.1, 0.15) is 0 Å². The standard InChI is InChI=1S/C13H6Cl4F2O/c14-6-4-7(12(17)9(16)5-6)11-8(15)2-1-3-10(11)20-13(18)19/h1-5,13H. The van der Waals surface area contributed by atoms with Crippen molar-refractivity contribution in [2.45, 2.75) is 6.61 Å². The Kier molecular flexibility index (Phi) is 4.97. The Labute approximate surface area is 134 Å². The summed E-state index contributed by atoms with van der Waals surface area (Å²) in [5.74, 6) is -0.104. The maximum Gasteiger partial charge on any atom is 0.387 e. The zero-order valence-corrected chi connectivity index (χ0v) is 12.7. The highest BCUT2D eigenvalue weighted by Gasteiger charge is 2.18. The third-order valence-electron chi connectivity index (χ3n) is 2.45. The molecule has 20 heavy (non-hydrogen) atoms. The first kappa shape index (κ1) is 15.6. The fourth-order valence-corrected chi connectivity index (χ4v) is 2.66. The van der Waals surface area contributed by atoms with Crippen LogP contribution in [0.5, 0.6) is 5.75 Å². The minimum Gasteiger partial charge on any atom is -0.434 e. The van der Waals surface area contributed by atoms with Gasteiger partial charge in [0.05, 0.1) is 15.1 Å². The van der Waals surface area contributed by atoms with Crippen LogP contribution in [0.3, 0.4) is 0 Å². The molecule has 0 saturated carbocycles. The van der Waals surface area contributed by atoms with Gasteiger partial charge in [-0.25, -0.2) is 0 Å². The van der Waals surface area contributed by atoms with Crippen LogP contribution in [-0.4, -0.2) is 6.61 Å². The molecule has 2 aromatic rings. The summed E-state index contributed by atoms with van der Waals surface area (Å²) < 4.78 is 29.4. The molecule has 0 saturated heterocycles. The maximum absolute atomic E-state index is 12.5. The van der Waals surface area contributed by atoms with E-state index in [1.165, 1.54) is 30.3 Å². The predicted octanol–water partition coefficient (Wildman–Crippen LogP) is 6.57. The van der Waals surface area contributed by atoms with Crippen molar-refractivity contribution >= 4 is 46.4 Å². The monoisotopic (exact) mass is 356 g/mol. The molecule has 0 heterocycles. The molecule has 106 valence electrons. The van der Waals surface area contributed by atoms with Gasteiger partial charge in [-0.3, -0.25) is 0 Å². The molecule has 0 aromatic heterocycles. The van der Waals surface area contributed by atoms with Crippen LogP contribution in [0, 0.1) is 0 Å². The Morgan fingerprint density at radius 2 is 1.65 bits per heavy atom. The minimum atomic E-state index is -2.99. The average molecular weight is 358 g/mol. The Hall–Kier alpha value is -0.740. The van der Waals surface area contributed by atoms with Crippen LogP contribution in [0.4, 0.5) is 8.78 Å². The van der Waals surface area contributed by atoms with Crippen LogP contribution in [0.25, 0.3) is 11.1 Å². The smallest absolute Gasteiger partial charge is 0.387 e. The van der Waals surface area contributed by atoms with Gasteiger partial charge in [0.2, 0.25) is 0 Å². The molecular formula is C13H6Cl4F2O. The first-order chi connectivity index (χ1) is 9.40. The molecule has 0 radical (unpaired) electrons. The van der Waals surface area contributed by atoms with Crippen molar-refractivity contribution < 1.29 is 13.5 Å². The largest absolute Gasteiger partial charge is 0.434 e. The van der Waals surface area contributed by atoms with Crippen molar-refractivity contribution in [1.82, 2.24) is 0 Å². The van der Waals surface area contributed by atoms with Gasteiger partial charge in [0.1, 0.15) is 5.75 Å². The molecular weight excluding hydrogens is 352 g/mol. The molecule has 0 amide bonds. The average Bonchev–Trinajstić information content (AvgIpc) is 2.34. The predicted molar refractivity (Wildman–Crippen MR) is 78.5 cm³/mol. The highest BCUT2D eigenvalue weighted by molar-refractivity contribution is 6.45. The lowest BCUT2D eigenvalue weighted by Crippen LogP contribution is -2.03. The summed E-state index contributed by atoms with van der Waals surface area (Å²) in [5, 5.41) is 0.848. The molecule has 0 spiro atoms. The third kappa shape index (κ3) is 3.29. The Morgan fingerprint density at radius 1 is 0.950 bits per heavy atom. The van der Waals surface area contributed by atoms with Gasteiger partial charge in [-0.15, -0.1) is 0 Å². The molecule has 0 atom stereocenters. The number of rotatable bonds is 3. The molecule has 7 heteroatoms. The van der Waals surface area contributed by atoms with E-state index in [9.17, 15) is 8.78 Å². The normalized spacial score (nSPS) is 10.9. The van der Waals surface area contributed by atoms with Crippen LogP contribution in [0.2, 0.25) is 20.1 Å². The lowest BCUT2D eigenvalue weighted by Gasteiger charge is -2.14. The van der Waals surface area contributed by atoms with Crippen molar-refractivity contribution in [1.29, 1.82) is 0 Å². The van der Waals surface area contributed by atoms with Crippen LogP contribution < -0.4 is 4.74 Å². The van der Waals surface area contributed by atoms with Gasteiger partial charge in [-0.1, -0.05) is 52.5 Å². The summed E-state index contributed by atoms with van der Waals surface area (Å²) in [6.45, 7) is -2.99. The molecule has 0 unspecified atom stereocenters. The van der Waals surface area contributed by atoms with E-state index in [-0.39, 0.29) is 26.4 Å². The Bertz CT molecular complexity index is 647. The van der Waals surface area contributed by atoms with E-state index in [1.807, 2.05) is 0 Å². The second kappa shape index (κ2) is 6.35. The van der Waals surface area contributed by atoms with E-state index < -0.39 is 6.61 Å². The fourth-order valence-electron chi connectivity index (χ4n) is 1.70. The summed E-state index contributed by atoms with van der Waals surface area (Å²) in [5.41, 5.74) is 0.536. The molecule has 1 nitrogen and oxygen atoms in total. The number of halogens is 6. The van der Waals surface area contributed by atoms with E-state index in [1.54, 1.807) is 0 Å². The first-order valence-corrected chi connectivity index (χ1v) is 6.79. The van der Waals surface area contributed by atoms with Crippen molar-refractivity contribution in [2.24, 2.45) is 0 Å². The molecule has 2 rings (SSSR count). The van der Waals surface area contributed by atoms with E-state index in [2.05, 4.69) is 4.74 Å².